The number of nitrogens with zero attached hydrogens (tertiary/aromatic N) is 1. The lowest BCUT2D eigenvalue weighted by atomic mass is 10.0. The molecule has 6 heteroatoms. The fourth-order valence-corrected chi connectivity index (χ4v) is 0.747. The Morgan fingerprint density at radius 2 is 2.25 bits per heavy atom. The van der Waals surface area contributed by atoms with Crippen LogP contribution in [0.15, 0.2) is 5.16 Å². The van der Waals surface area contributed by atoms with E-state index in [2.05, 4.69) is 9.99 Å². The first kappa shape index (κ1) is 9.02. The summed E-state index contributed by atoms with van der Waals surface area (Å²) in [7, 11) is 0. The molecule has 1 radical (unpaired) electrons. The van der Waals surface area contributed by atoms with E-state index in [1.54, 1.807) is 0 Å². The van der Waals surface area contributed by atoms with Gasteiger partial charge in [-0.05, 0) is 6.92 Å². The summed E-state index contributed by atoms with van der Waals surface area (Å²) in [6, 6.07) is 0. The lowest BCUT2D eigenvalue weighted by Gasteiger charge is -2.10. The van der Waals surface area contributed by atoms with E-state index in [-0.39, 0.29) is 0 Å². The molecule has 0 saturated carbocycles. The van der Waals surface area contributed by atoms with Crippen LogP contribution in [0.1, 0.15) is 13.3 Å². The molecule has 0 amide bonds. The molecule has 67 valence electrons. The van der Waals surface area contributed by atoms with Gasteiger partial charge in [-0.2, -0.15) is 13.2 Å². The van der Waals surface area contributed by atoms with Gasteiger partial charge < -0.3 is 4.84 Å². The van der Waals surface area contributed by atoms with Crippen molar-refractivity contribution in [3.8, 4) is 0 Å². The predicted molar refractivity (Wildman–Crippen MR) is 33.3 cm³/mol. The summed E-state index contributed by atoms with van der Waals surface area (Å²) >= 11 is 0. The van der Waals surface area contributed by atoms with Crippen LogP contribution in [-0.2, 0) is 9.63 Å². The first-order valence-electron chi connectivity index (χ1n) is 3.09. The molecule has 0 N–H and O–H groups in total. The van der Waals surface area contributed by atoms with Gasteiger partial charge in [0.05, 0.1) is 0 Å². The summed E-state index contributed by atoms with van der Waals surface area (Å²) in [6.45, 7) is 1.20. The minimum atomic E-state index is -4.52. The highest BCUT2D eigenvalue weighted by atomic mass is 19.4. The van der Waals surface area contributed by atoms with Crippen LogP contribution in [0.3, 0.4) is 0 Å². The summed E-state index contributed by atoms with van der Waals surface area (Å²) < 4.78 is 35.7. The Morgan fingerprint density at radius 3 is 2.50 bits per heavy atom. The second-order valence-corrected chi connectivity index (χ2v) is 2.64. The second kappa shape index (κ2) is 2.46. The molecule has 1 aliphatic rings. The minimum absolute atomic E-state index is 0.569. The number of halogens is 3. The van der Waals surface area contributed by atoms with E-state index in [1.807, 2.05) is 0 Å². The van der Waals surface area contributed by atoms with Gasteiger partial charge in [0, 0.05) is 6.42 Å². The Labute approximate surface area is 66.2 Å². The topological polar surface area (TPSA) is 38.7 Å². The van der Waals surface area contributed by atoms with E-state index in [4.69, 9.17) is 0 Å². The summed E-state index contributed by atoms with van der Waals surface area (Å²) in [6.07, 6.45) is -3.73. The Morgan fingerprint density at radius 1 is 1.67 bits per heavy atom. The lowest BCUT2D eigenvalue weighted by Crippen LogP contribution is -2.30. The molecule has 0 saturated heterocycles. The van der Waals surface area contributed by atoms with Gasteiger partial charge in [-0.15, -0.1) is 0 Å². The van der Waals surface area contributed by atoms with Crippen molar-refractivity contribution in [3.63, 3.8) is 0 Å². The van der Waals surface area contributed by atoms with Gasteiger partial charge in [0.1, 0.15) is 0 Å². The monoisotopic (exact) mass is 180 g/mol. The molecule has 0 bridgehead atoms. The molecule has 0 aromatic carbocycles. The molecular formula is C6H5F3NO2. The average molecular weight is 180 g/mol. The SMILES string of the molecule is CC1([C]=O)CC(C(F)(F)F)=NO1. The van der Waals surface area contributed by atoms with Crippen molar-refractivity contribution in [2.24, 2.45) is 5.16 Å². The van der Waals surface area contributed by atoms with E-state index < -0.39 is 23.9 Å². The van der Waals surface area contributed by atoms with Crippen LogP contribution in [0.2, 0.25) is 0 Å². The van der Waals surface area contributed by atoms with E-state index in [9.17, 15) is 18.0 Å². The zero-order valence-electron chi connectivity index (χ0n) is 6.10. The third kappa shape index (κ3) is 1.57. The molecule has 12 heavy (non-hydrogen) atoms. The van der Waals surface area contributed by atoms with Crippen LogP contribution in [-0.4, -0.2) is 23.8 Å². The van der Waals surface area contributed by atoms with Gasteiger partial charge in [0.25, 0.3) is 0 Å². The fraction of sp³-hybridized carbons (Fsp3) is 0.667. The van der Waals surface area contributed by atoms with Crippen molar-refractivity contribution >= 4 is 12.0 Å². The van der Waals surface area contributed by atoms with Crippen molar-refractivity contribution < 1.29 is 22.8 Å². The maximum Gasteiger partial charge on any atom is 0.432 e. The number of alkyl halides is 3. The molecular weight excluding hydrogens is 175 g/mol. The van der Waals surface area contributed by atoms with Crippen molar-refractivity contribution in [1.82, 2.24) is 0 Å². The van der Waals surface area contributed by atoms with Gasteiger partial charge in [-0.25, -0.2) is 0 Å². The third-order valence-corrected chi connectivity index (χ3v) is 1.41. The van der Waals surface area contributed by atoms with Gasteiger partial charge in [0.2, 0.25) is 11.9 Å². The van der Waals surface area contributed by atoms with E-state index >= 15 is 0 Å². The number of oxime groups is 1. The van der Waals surface area contributed by atoms with Crippen LogP contribution in [0.5, 0.6) is 0 Å². The lowest BCUT2D eigenvalue weighted by molar-refractivity contribution is -0.0604. The number of hydrogen-bond acceptors (Lipinski definition) is 3. The molecule has 3 nitrogen and oxygen atoms in total. The largest absolute Gasteiger partial charge is 0.432 e. The molecule has 0 spiro atoms. The van der Waals surface area contributed by atoms with E-state index in [0.717, 1.165) is 0 Å². The Kier molecular flexibility index (Phi) is 1.85. The predicted octanol–water partition coefficient (Wildman–Crippen LogP) is 1.19. The van der Waals surface area contributed by atoms with Crippen LogP contribution in [0.4, 0.5) is 13.2 Å². The minimum Gasteiger partial charge on any atom is -0.380 e. The van der Waals surface area contributed by atoms with Crippen LogP contribution in [0.25, 0.3) is 0 Å². The van der Waals surface area contributed by atoms with Crippen molar-refractivity contribution in [2.45, 2.75) is 25.1 Å². The first-order chi connectivity index (χ1) is 5.37. The van der Waals surface area contributed by atoms with E-state index in [0.29, 0.717) is 0 Å². The number of rotatable bonds is 1. The van der Waals surface area contributed by atoms with Crippen molar-refractivity contribution in [2.75, 3.05) is 0 Å². The van der Waals surface area contributed by atoms with Crippen LogP contribution in [0, 0.1) is 0 Å². The number of hydrogen-bond donors (Lipinski definition) is 0. The molecule has 1 aliphatic heterocycles. The third-order valence-electron chi connectivity index (χ3n) is 1.41. The molecule has 0 aliphatic carbocycles. The summed E-state index contributed by atoms with van der Waals surface area (Å²) in [4.78, 5) is 14.4. The van der Waals surface area contributed by atoms with Crippen LogP contribution < -0.4 is 0 Å². The summed E-state index contributed by atoms with van der Waals surface area (Å²) in [5, 5.41) is 2.76. The Bertz CT molecular complexity index is 235. The summed E-state index contributed by atoms with van der Waals surface area (Å²) in [5.74, 6) is 0. The zero-order chi connectivity index (χ0) is 9.41. The molecule has 0 fully saturated rings. The van der Waals surface area contributed by atoms with E-state index in [1.165, 1.54) is 13.2 Å². The highest BCUT2D eigenvalue weighted by Crippen LogP contribution is 2.30. The van der Waals surface area contributed by atoms with Crippen LogP contribution >= 0.6 is 0 Å². The van der Waals surface area contributed by atoms with Crippen molar-refractivity contribution in [1.29, 1.82) is 0 Å². The number of carbonyl (C=O) groups excluding carboxylic acids is 1. The quantitative estimate of drug-likeness (QED) is 0.608. The highest BCUT2D eigenvalue weighted by Gasteiger charge is 2.47. The maximum absolute atomic E-state index is 11.9. The molecule has 1 atom stereocenters. The normalized spacial score (nSPS) is 29.5. The van der Waals surface area contributed by atoms with Crippen molar-refractivity contribution in [3.05, 3.63) is 0 Å². The molecule has 1 rings (SSSR count). The summed E-state index contributed by atoms with van der Waals surface area (Å²) in [5.41, 5.74) is -2.64. The molecule has 1 unspecified atom stereocenters. The van der Waals surface area contributed by atoms with Gasteiger partial charge in [0.15, 0.2) is 5.71 Å². The Balaban J connectivity index is 2.72. The molecule has 0 aromatic heterocycles. The standard InChI is InChI=1S/C6H5F3NO2/c1-5(3-11)2-4(10-12-5)6(7,8)9/h2H2,1H3. The highest BCUT2D eigenvalue weighted by molar-refractivity contribution is 5.94. The molecule has 1 heterocycles. The maximum atomic E-state index is 11.9. The molecule has 0 aromatic rings. The zero-order valence-corrected chi connectivity index (χ0v) is 6.10. The van der Waals surface area contributed by atoms with Gasteiger partial charge in [-0.3, -0.25) is 4.79 Å². The first-order valence-corrected chi connectivity index (χ1v) is 3.09. The fourth-order valence-electron chi connectivity index (χ4n) is 0.747. The Hall–Kier alpha value is -1.07. The second-order valence-electron chi connectivity index (χ2n) is 2.64. The van der Waals surface area contributed by atoms with Gasteiger partial charge >= 0.3 is 6.18 Å². The smallest absolute Gasteiger partial charge is 0.380 e. The van der Waals surface area contributed by atoms with Gasteiger partial charge in [-0.1, -0.05) is 5.16 Å². The average Bonchev–Trinajstić information content (AvgIpc) is 2.32.